The Labute approximate surface area is 203 Å². The third kappa shape index (κ3) is 4.89. The first-order chi connectivity index (χ1) is 16.5. The highest BCUT2D eigenvalue weighted by atomic mass is 32.2. The van der Waals surface area contributed by atoms with Crippen LogP contribution in [0.5, 0.6) is 11.5 Å². The lowest BCUT2D eigenvalue weighted by Gasteiger charge is -2.29. The molecule has 2 aromatic carbocycles. The van der Waals surface area contributed by atoms with Gasteiger partial charge in [-0.2, -0.15) is 4.98 Å². The van der Waals surface area contributed by atoms with Gasteiger partial charge in [0.15, 0.2) is 0 Å². The molecule has 0 fully saturated rings. The molecular weight excluding hydrogens is 450 g/mol. The van der Waals surface area contributed by atoms with Gasteiger partial charge < -0.3 is 20.1 Å². The molecule has 2 heterocycles. The van der Waals surface area contributed by atoms with Crippen molar-refractivity contribution in [2.45, 2.75) is 38.9 Å². The maximum Gasteiger partial charge on any atom is 0.255 e. The van der Waals surface area contributed by atoms with Gasteiger partial charge in [0, 0.05) is 5.70 Å². The van der Waals surface area contributed by atoms with E-state index in [9.17, 15) is 4.79 Å². The van der Waals surface area contributed by atoms with E-state index in [1.807, 2.05) is 69.3 Å². The average molecular weight is 480 g/mol. The number of hydrogen-bond acceptors (Lipinski definition) is 7. The molecule has 0 saturated carbocycles. The molecule has 1 amide bonds. The van der Waals surface area contributed by atoms with E-state index in [0.717, 1.165) is 17.1 Å². The summed E-state index contributed by atoms with van der Waals surface area (Å²) in [5.41, 5.74) is 2.76. The van der Waals surface area contributed by atoms with Gasteiger partial charge in [-0.25, -0.2) is 4.68 Å². The van der Waals surface area contributed by atoms with E-state index in [4.69, 9.17) is 14.6 Å². The van der Waals surface area contributed by atoms with Gasteiger partial charge in [-0.1, -0.05) is 43.0 Å². The zero-order valence-electron chi connectivity index (χ0n) is 19.8. The Hall–Kier alpha value is -3.46. The van der Waals surface area contributed by atoms with Crippen LogP contribution in [0.1, 0.15) is 39.3 Å². The van der Waals surface area contributed by atoms with Crippen LogP contribution in [0.4, 0.5) is 11.6 Å². The fraction of sp³-hybridized carbons (Fsp3) is 0.320. The Morgan fingerprint density at radius 2 is 1.91 bits per heavy atom. The van der Waals surface area contributed by atoms with E-state index >= 15 is 0 Å². The summed E-state index contributed by atoms with van der Waals surface area (Å²) in [6, 6.07) is 14.7. The predicted molar refractivity (Wildman–Crippen MR) is 135 cm³/mol. The number of carbonyl (C=O) groups excluding carboxylic acids is 1. The van der Waals surface area contributed by atoms with Gasteiger partial charge in [-0.3, -0.25) is 4.79 Å². The number of hydrogen-bond donors (Lipinski definition) is 2. The number of carbonyl (C=O) groups is 1. The SMILES string of the molecule is CCOc1cccc(C2C(C(=O)Nc3ccccc3OCC)=C(C)Nc3nc(SCC)nn32)c1. The summed E-state index contributed by atoms with van der Waals surface area (Å²) < 4.78 is 13.2. The van der Waals surface area contributed by atoms with Crippen molar-refractivity contribution in [3.63, 3.8) is 0 Å². The summed E-state index contributed by atoms with van der Waals surface area (Å²) in [5.74, 6) is 2.57. The Bertz CT molecular complexity index is 1210. The second-order valence-corrected chi connectivity index (χ2v) is 8.78. The number of thioether (sulfide) groups is 1. The number of allylic oxidation sites excluding steroid dienone is 1. The molecule has 178 valence electrons. The standard InChI is InChI=1S/C25H29N5O3S/c1-5-32-18-12-10-11-17(15-18)22-21(16(4)26-24-28-25(34-7-3)29-30(22)24)23(31)27-19-13-8-9-14-20(19)33-6-2/h8-15,22H,5-7H2,1-4H3,(H,27,31)(H,26,28,29). The van der Waals surface area contributed by atoms with Crippen molar-refractivity contribution in [2.24, 2.45) is 0 Å². The number of amides is 1. The zero-order chi connectivity index (χ0) is 24.1. The molecule has 9 heteroatoms. The number of aromatic nitrogens is 3. The smallest absolute Gasteiger partial charge is 0.255 e. The Balaban J connectivity index is 1.77. The van der Waals surface area contributed by atoms with Gasteiger partial charge in [-0.05, 0) is 56.4 Å². The average Bonchev–Trinajstić information content (AvgIpc) is 3.22. The lowest BCUT2D eigenvalue weighted by molar-refractivity contribution is -0.113. The predicted octanol–water partition coefficient (Wildman–Crippen LogP) is 5.12. The quantitative estimate of drug-likeness (QED) is 0.412. The molecule has 0 saturated heterocycles. The zero-order valence-corrected chi connectivity index (χ0v) is 20.6. The first kappa shape index (κ1) is 23.7. The molecule has 0 aliphatic carbocycles. The monoisotopic (exact) mass is 479 g/mol. The number of anilines is 2. The molecule has 0 radical (unpaired) electrons. The molecule has 3 aromatic rings. The minimum Gasteiger partial charge on any atom is -0.494 e. The molecule has 1 atom stereocenters. The van der Waals surface area contributed by atoms with E-state index in [0.29, 0.717) is 47.0 Å². The fourth-order valence-corrected chi connectivity index (χ4v) is 4.46. The van der Waals surface area contributed by atoms with Crippen LogP contribution in [-0.4, -0.2) is 39.6 Å². The summed E-state index contributed by atoms with van der Waals surface area (Å²) >= 11 is 1.55. The molecule has 1 unspecified atom stereocenters. The Kier molecular flexibility index (Phi) is 7.42. The van der Waals surface area contributed by atoms with Crippen LogP contribution < -0.4 is 20.1 Å². The molecular formula is C25H29N5O3S. The Morgan fingerprint density at radius 1 is 1.12 bits per heavy atom. The van der Waals surface area contributed by atoms with Crippen molar-refractivity contribution in [1.82, 2.24) is 14.8 Å². The normalized spacial score (nSPS) is 14.9. The number of para-hydroxylation sites is 2. The molecule has 34 heavy (non-hydrogen) atoms. The van der Waals surface area contributed by atoms with Gasteiger partial charge in [0.2, 0.25) is 11.1 Å². The van der Waals surface area contributed by atoms with Gasteiger partial charge in [0.05, 0.1) is 24.5 Å². The molecule has 4 rings (SSSR count). The highest BCUT2D eigenvalue weighted by molar-refractivity contribution is 7.99. The second-order valence-electron chi connectivity index (χ2n) is 7.55. The summed E-state index contributed by atoms with van der Waals surface area (Å²) in [6.45, 7) is 8.85. The largest absolute Gasteiger partial charge is 0.494 e. The molecule has 0 bridgehead atoms. The van der Waals surface area contributed by atoms with Crippen LogP contribution >= 0.6 is 11.8 Å². The second kappa shape index (κ2) is 10.6. The number of benzene rings is 2. The fourth-order valence-electron chi connectivity index (χ4n) is 3.91. The van der Waals surface area contributed by atoms with Crippen molar-refractivity contribution in [1.29, 1.82) is 0 Å². The lowest BCUT2D eigenvalue weighted by atomic mass is 9.94. The van der Waals surface area contributed by atoms with Gasteiger partial charge in [0.1, 0.15) is 17.5 Å². The highest BCUT2D eigenvalue weighted by Gasteiger charge is 2.34. The molecule has 8 nitrogen and oxygen atoms in total. The van der Waals surface area contributed by atoms with Crippen LogP contribution in [0.3, 0.4) is 0 Å². The van der Waals surface area contributed by atoms with Crippen LogP contribution in [0.2, 0.25) is 0 Å². The van der Waals surface area contributed by atoms with Gasteiger partial charge >= 0.3 is 0 Å². The summed E-state index contributed by atoms with van der Waals surface area (Å²) in [6.07, 6.45) is 0. The van der Waals surface area contributed by atoms with E-state index in [2.05, 4.69) is 22.5 Å². The number of ether oxygens (including phenoxy) is 2. The topological polar surface area (TPSA) is 90.3 Å². The number of rotatable bonds is 9. The van der Waals surface area contributed by atoms with Crippen LogP contribution in [0, 0.1) is 0 Å². The summed E-state index contributed by atoms with van der Waals surface area (Å²) in [7, 11) is 0. The number of nitrogens with zero attached hydrogens (tertiary/aromatic N) is 3. The van der Waals surface area contributed by atoms with Crippen molar-refractivity contribution in [3.05, 3.63) is 65.4 Å². The van der Waals surface area contributed by atoms with Gasteiger partial charge in [-0.15, -0.1) is 5.10 Å². The molecule has 1 aromatic heterocycles. The summed E-state index contributed by atoms with van der Waals surface area (Å²) in [4.78, 5) is 18.3. The molecule has 1 aliphatic heterocycles. The summed E-state index contributed by atoms with van der Waals surface area (Å²) in [5, 5.41) is 11.7. The minimum atomic E-state index is -0.477. The molecule has 2 N–H and O–H groups in total. The van der Waals surface area contributed by atoms with Crippen LogP contribution in [-0.2, 0) is 4.79 Å². The molecule has 1 aliphatic rings. The Morgan fingerprint density at radius 3 is 2.68 bits per heavy atom. The van der Waals surface area contributed by atoms with Gasteiger partial charge in [0.25, 0.3) is 5.91 Å². The van der Waals surface area contributed by atoms with Crippen LogP contribution in [0.15, 0.2) is 65.0 Å². The van der Waals surface area contributed by atoms with E-state index in [1.54, 1.807) is 16.4 Å². The van der Waals surface area contributed by atoms with Crippen molar-refractivity contribution >= 4 is 29.3 Å². The lowest BCUT2D eigenvalue weighted by Crippen LogP contribution is -2.31. The number of fused-ring (bicyclic) bond motifs is 1. The van der Waals surface area contributed by atoms with E-state index in [-0.39, 0.29) is 5.91 Å². The maximum absolute atomic E-state index is 13.7. The number of nitrogens with one attached hydrogen (secondary N) is 2. The maximum atomic E-state index is 13.7. The van der Waals surface area contributed by atoms with Crippen molar-refractivity contribution in [2.75, 3.05) is 29.6 Å². The first-order valence-corrected chi connectivity index (χ1v) is 12.4. The third-order valence-electron chi connectivity index (χ3n) is 5.27. The van der Waals surface area contributed by atoms with E-state index in [1.165, 1.54) is 0 Å². The highest BCUT2D eigenvalue weighted by Crippen LogP contribution is 2.38. The van der Waals surface area contributed by atoms with Crippen molar-refractivity contribution in [3.8, 4) is 11.5 Å². The third-order valence-corrected chi connectivity index (χ3v) is 5.99. The van der Waals surface area contributed by atoms with Crippen molar-refractivity contribution < 1.29 is 14.3 Å². The molecule has 0 spiro atoms. The van der Waals surface area contributed by atoms with E-state index < -0.39 is 6.04 Å². The minimum absolute atomic E-state index is 0.241. The van der Waals surface area contributed by atoms with Crippen LogP contribution in [0.25, 0.3) is 0 Å². The first-order valence-electron chi connectivity index (χ1n) is 11.4.